The summed E-state index contributed by atoms with van der Waals surface area (Å²) >= 11 is 0. The standard InChI is InChI=1S/C9H13NO/c1-2-7-8(3-5-10)9(7)4-6-11/h1,6-9H,3-5,10H2. The van der Waals surface area contributed by atoms with Crippen molar-refractivity contribution >= 4 is 6.29 Å². The number of aldehydes is 1. The molecule has 3 unspecified atom stereocenters. The number of nitrogens with two attached hydrogens (primary N) is 1. The number of carbonyl (C=O) groups is 1. The Hall–Kier alpha value is -0.810. The van der Waals surface area contributed by atoms with Crippen LogP contribution in [-0.4, -0.2) is 12.8 Å². The summed E-state index contributed by atoms with van der Waals surface area (Å²) in [6, 6.07) is 0. The van der Waals surface area contributed by atoms with Crippen LogP contribution in [0.4, 0.5) is 0 Å². The van der Waals surface area contributed by atoms with Crippen molar-refractivity contribution in [2.75, 3.05) is 6.54 Å². The van der Waals surface area contributed by atoms with Crippen LogP contribution in [0, 0.1) is 30.1 Å². The zero-order valence-corrected chi connectivity index (χ0v) is 6.49. The molecule has 1 saturated carbocycles. The second-order valence-corrected chi connectivity index (χ2v) is 3.00. The van der Waals surface area contributed by atoms with Crippen LogP contribution in [0.3, 0.4) is 0 Å². The number of rotatable bonds is 4. The van der Waals surface area contributed by atoms with E-state index in [1.807, 2.05) is 0 Å². The lowest BCUT2D eigenvalue weighted by atomic mass is 10.2. The van der Waals surface area contributed by atoms with E-state index in [-0.39, 0.29) is 0 Å². The Balaban J connectivity index is 2.34. The molecule has 0 radical (unpaired) electrons. The van der Waals surface area contributed by atoms with Crippen molar-refractivity contribution < 1.29 is 4.79 Å². The molecule has 0 aromatic carbocycles. The van der Waals surface area contributed by atoms with Crippen molar-refractivity contribution in [3.63, 3.8) is 0 Å². The van der Waals surface area contributed by atoms with Gasteiger partial charge in [0, 0.05) is 12.3 Å². The summed E-state index contributed by atoms with van der Waals surface area (Å²) in [6.07, 6.45) is 7.79. The lowest BCUT2D eigenvalue weighted by molar-refractivity contribution is -0.108. The van der Waals surface area contributed by atoms with Crippen molar-refractivity contribution in [3.05, 3.63) is 0 Å². The summed E-state index contributed by atoms with van der Waals surface area (Å²) in [6.45, 7) is 0.679. The molecule has 0 bridgehead atoms. The Morgan fingerprint density at radius 2 is 2.27 bits per heavy atom. The average Bonchev–Trinajstić information content (AvgIpc) is 2.65. The van der Waals surface area contributed by atoms with Gasteiger partial charge in [-0.1, -0.05) is 0 Å². The Morgan fingerprint density at radius 3 is 2.73 bits per heavy atom. The van der Waals surface area contributed by atoms with E-state index in [9.17, 15) is 4.79 Å². The topological polar surface area (TPSA) is 43.1 Å². The van der Waals surface area contributed by atoms with Gasteiger partial charge in [-0.2, -0.15) is 0 Å². The normalized spacial score (nSPS) is 34.4. The Kier molecular flexibility index (Phi) is 2.67. The highest BCUT2D eigenvalue weighted by Crippen LogP contribution is 2.49. The molecule has 3 atom stereocenters. The van der Waals surface area contributed by atoms with E-state index in [0.29, 0.717) is 30.7 Å². The van der Waals surface area contributed by atoms with Gasteiger partial charge in [0.15, 0.2) is 0 Å². The molecule has 2 heteroatoms. The maximum atomic E-state index is 10.2. The molecule has 60 valence electrons. The highest BCUT2D eigenvalue weighted by atomic mass is 16.1. The molecule has 0 saturated heterocycles. The lowest BCUT2D eigenvalue weighted by Gasteiger charge is -1.89. The van der Waals surface area contributed by atoms with Crippen molar-refractivity contribution in [3.8, 4) is 12.3 Å². The van der Waals surface area contributed by atoms with Gasteiger partial charge in [-0.25, -0.2) is 0 Å². The summed E-state index contributed by atoms with van der Waals surface area (Å²) < 4.78 is 0. The zero-order valence-electron chi connectivity index (χ0n) is 6.49. The summed E-state index contributed by atoms with van der Waals surface area (Å²) in [7, 11) is 0. The number of terminal acetylenes is 1. The first kappa shape index (κ1) is 8.29. The lowest BCUT2D eigenvalue weighted by Crippen LogP contribution is -2.00. The van der Waals surface area contributed by atoms with Crippen molar-refractivity contribution in [1.29, 1.82) is 0 Å². The van der Waals surface area contributed by atoms with Crippen molar-refractivity contribution in [2.45, 2.75) is 12.8 Å². The predicted octanol–water partition coefficient (Wildman–Crippen LogP) is 0.420. The molecule has 0 amide bonds. The van der Waals surface area contributed by atoms with Gasteiger partial charge in [-0.05, 0) is 24.8 Å². The minimum atomic E-state index is 0.323. The molecule has 11 heavy (non-hydrogen) atoms. The first-order chi connectivity index (χ1) is 5.35. The number of hydrogen-bond donors (Lipinski definition) is 1. The van der Waals surface area contributed by atoms with Gasteiger partial charge >= 0.3 is 0 Å². The molecular formula is C9H13NO. The fraction of sp³-hybridized carbons (Fsp3) is 0.667. The minimum Gasteiger partial charge on any atom is -0.330 e. The van der Waals surface area contributed by atoms with Crippen molar-refractivity contribution in [2.24, 2.45) is 23.5 Å². The first-order valence-electron chi connectivity index (χ1n) is 3.95. The Labute approximate surface area is 67.2 Å². The maximum Gasteiger partial charge on any atom is 0.120 e. The van der Waals surface area contributed by atoms with Crippen LogP contribution in [0.2, 0.25) is 0 Å². The highest BCUT2D eigenvalue weighted by molar-refractivity contribution is 5.51. The summed E-state index contributed by atoms with van der Waals surface area (Å²) in [4.78, 5) is 10.2. The minimum absolute atomic E-state index is 0.323. The Morgan fingerprint density at radius 1 is 1.55 bits per heavy atom. The molecular weight excluding hydrogens is 138 g/mol. The van der Waals surface area contributed by atoms with E-state index in [1.165, 1.54) is 0 Å². The summed E-state index contributed by atoms with van der Waals surface area (Å²) in [5, 5.41) is 0. The molecule has 0 heterocycles. The molecule has 1 aliphatic rings. The molecule has 2 N–H and O–H groups in total. The van der Waals surface area contributed by atoms with Crippen LogP contribution in [0.25, 0.3) is 0 Å². The largest absolute Gasteiger partial charge is 0.330 e. The van der Waals surface area contributed by atoms with E-state index < -0.39 is 0 Å². The predicted molar refractivity (Wildman–Crippen MR) is 43.7 cm³/mol. The molecule has 2 nitrogen and oxygen atoms in total. The second-order valence-electron chi connectivity index (χ2n) is 3.00. The molecule has 0 aliphatic heterocycles. The van der Waals surface area contributed by atoms with Gasteiger partial charge in [0.05, 0.1) is 0 Å². The van der Waals surface area contributed by atoms with Crippen LogP contribution in [0.15, 0.2) is 0 Å². The van der Waals surface area contributed by atoms with Gasteiger partial charge in [-0.3, -0.25) is 0 Å². The average molecular weight is 151 g/mol. The van der Waals surface area contributed by atoms with E-state index in [4.69, 9.17) is 12.2 Å². The van der Waals surface area contributed by atoms with E-state index >= 15 is 0 Å². The summed E-state index contributed by atoms with van der Waals surface area (Å²) in [5.74, 6) is 3.97. The van der Waals surface area contributed by atoms with Gasteiger partial charge in [0.2, 0.25) is 0 Å². The highest BCUT2D eigenvalue weighted by Gasteiger charge is 2.47. The van der Waals surface area contributed by atoms with E-state index in [1.54, 1.807) is 0 Å². The molecule has 0 aromatic rings. The van der Waals surface area contributed by atoms with Crippen LogP contribution < -0.4 is 5.73 Å². The number of hydrogen-bond acceptors (Lipinski definition) is 2. The van der Waals surface area contributed by atoms with E-state index in [0.717, 1.165) is 12.7 Å². The fourth-order valence-electron chi connectivity index (χ4n) is 1.71. The molecule has 1 fully saturated rings. The first-order valence-corrected chi connectivity index (χ1v) is 3.95. The molecule has 1 aliphatic carbocycles. The SMILES string of the molecule is C#CC1C(CC=O)C1CCN. The maximum absolute atomic E-state index is 10.2. The van der Waals surface area contributed by atoms with Gasteiger partial charge in [0.25, 0.3) is 0 Å². The van der Waals surface area contributed by atoms with Crippen LogP contribution in [0.5, 0.6) is 0 Å². The van der Waals surface area contributed by atoms with Crippen LogP contribution >= 0.6 is 0 Å². The smallest absolute Gasteiger partial charge is 0.120 e. The molecule has 1 rings (SSSR count). The van der Waals surface area contributed by atoms with Gasteiger partial charge < -0.3 is 10.5 Å². The van der Waals surface area contributed by atoms with Crippen LogP contribution in [0.1, 0.15) is 12.8 Å². The molecule has 0 spiro atoms. The second kappa shape index (κ2) is 3.54. The molecule has 0 aromatic heterocycles. The third kappa shape index (κ3) is 1.61. The number of carbonyl (C=O) groups excluding carboxylic acids is 1. The van der Waals surface area contributed by atoms with Crippen molar-refractivity contribution in [1.82, 2.24) is 0 Å². The van der Waals surface area contributed by atoms with Crippen LogP contribution in [-0.2, 0) is 4.79 Å². The van der Waals surface area contributed by atoms with Gasteiger partial charge in [0.1, 0.15) is 6.29 Å². The zero-order chi connectivity index (χ0) is 8.27. The summed E-state index contributed by atoms with van der Waals surface area (Å²) in [5.41, 5.74) is 5.39. The van der Waals surface area contributed by atoms with Gasteiger partial charge in [-0.15, -0.1) is 12.3 Å². The fourth-order valence-corrected chi connectivity index (χ4v) is 1.71. The van der Waals surface area contributed by atoms with E-state index in [2.05, 4.69) is 5.92 Å². The third-order valence-electron chi connectivity index (χ3n) is 2.39. The third-order valence-corrected chi connectivity index (χ3v) is 2.39. The quantitative estimate of drug-likeness (QED) is 0.467. The monoisotopic (exact) mass is 151 g/mol. The Bertz CT molecular complexity index is 182.